The van der Waals surface area contributed by atoms with E-state index in [1.165, 1.54) is 0 Å². The molecule has 0 aliphatic carbocycles. The zero-order valence-corrected chi connectivity index (χ0v) is 11.5. The van der Waals surface area contributed by atoms with Gasteiger partial charge < -0.3 is 4.74 Å². The number of nitrogens with zero attached hydrogens (tertiary/aromatic N) is 2. The SMILES string of the molecule is COc1ccc(/C=C/C=C\n2nc(C)cc2C)cc1. The van der Waals surface area contributed by atoms with Crippen LogP contribution in [0.5, 0.6) is 5.75 Å². The molecule has 0 atom stereocenters. The molecule has 2 rings (SSSR count). The van der Waals surface area contributed by atoms with Gasteiger partial charge in [0.1, 0.15) is 5.75 Å². The van der Waals surface area contributed by atoms with Gasteiger partial charge >= 0.3 is 0 Å². The van der Waals surface area contributed by atoms with Gasteiger partial charge in [0, 0.05) is 11.9 Å². The highest BCUT2D eigenvalue weighted by atomic mass is 16.5. The maximum absolute atomic E-state index is 5.12. The number of benzene rings is 1. The van der Waals surface area contributed by atoms with Gasteiger partial charge in [-0.2, -0.15) is 5.10 Å². The summed E-state index contributed by atoms with van der Waals surface area (Å²) in [6, 6.07) is 9.99. The molecular weight excluding hydrogens is 236 g/mol. The minimum atomic E-state index is 0.871. The van der Waals surface area contributed by atoms with Crippen LogP contribution in [-0.4, -0.2) is 16.9 Å². The van der Waals surface area contributed by atoms with Crippen LogP contribution < -0.4 is 4.74 Å². The molecule has 1 heterocycles. The fourth-order valence-electron chi connectivity index (χ4n) is 1.81. The summed E-state index contributed by atoms with van der Waals surface area (Å²) in [5.74, 6) is 0.871. The summed E-state index contributed by atoms with van der Waals surface area (Å²) in [7, 11) is 1.67. The van der Waals surface area contributed by atoms with Crippen molar-refractivity contribution in [1.82, 2.24) is 9.78 Å². The molecule has 3 heteroatoms. The molecule has 0 N–H and O–H groups in total. The summed E-state index contributed by atoms with van der Waals surface area (Å²) in [6.07, 6.45) is 7.96. The van der Waals surface area contributed by atoms with Crippen molar-refractivity contribution in [1.29, 1.82) is 0 Å². The van der Waals surface area contributed by atoms with E-state index in [0.717, 1.165) is 22.7 Å². The summed E-state index contributed by atoms with van der Waals surface area (Å²) in [4.78, 5) is 0. The molecule has 0 aliphatic heterocycles. The van der Waals surface area contributed by atoms with Gasteiger partial charge in [0.05, 0.1) is 12.8 Å². The van der Waals surface area contributed by atoms with Gasteiger partial charge in [0.2, 0.25) is 0 Å². The third-order valence-electron chi connectivity index (χ3n) is 2.79. The third-order valence-corrected chi connectivity index (χ3v) is 2.79. The number of methoxy groups -OCH3 is 1. The second kappa shape index (κ2) is 6.05. The average Bonchev–Trinajstić information content (AvgIpc) is 2.74. The fourth-order valence-corrected chi connectivity index (χ4v) is 1.81. The van der Waals surface area contributed by atoms with E-state index in [2.05, 4.69) is 11.2 Å². The van der Waals surface area contributed by atoms with Crippen LogP contribution in [0.1, 0.15) is 17.0 Å². The van der Waals surface area contributed by atoms with Crippen molar-refractivity contribution in [3.05, 3.63) is 59.4 Å². The van der Waals surface area contributed by atoms with Crippen molar-refractivity contribution >= 4 is 12.3 Å². The Hall–Kier alpha value is -2.29. The monoisotopic (exact) mass is 254 g/mol. The predicted molar refractivity (Wildman–Crippen MR) is 79.1 cm³/mol. The van der Waals surface area contributed by atoms with Crippen LogP contribution in [0.25, 0.3) is 12.3 Å². The predicted octanol–water partition coefficient (Wildman–Crippen LogP) is 3.69. The molecule has 0 saturated heterocycles. The lowest BCUT2D eigenvalue weighted by Gasteiger charge is -1.98. The molecule has 0 fully saturated rings. The summed E-state index contributed by atoms with van der Waals surface area (Å²) in [5.41, 5.74) is 3.30. The van der Waals surface area contributed by atoms with Crippen LogP contribution in [0.4, 0.5) is 0 Å². The molecular formula is C16H18N2O. The van der Waals surface area contributed by atoms with Gasteiger partial charge in [0.25, 0.3) is 0 Å². The maximum atomic E-state index is 5.12. The second-order valence-electron chi connectivity index (χ2n) is 4.35. The van der Waals surface area contributed by atoms with Crippen molar-refractivity contribution in [2.75, 3.05) is 7.11 Å². The molecule has 0 radical (unpaired) electrons. The van der Waals surface area contributed by atoms with Gasteiger partial charge in [-0.15, -0.1) is 0 Å². The third kappa shape index (κ3) is 3.58. The number of ether oxygens (including phenoxy) is 1. The van der Waals surface area contributed by atoms with Crippen molar-refractivity contribution in [2.45, 2.75) is 13.8 Å². The Labute approximate surface area is 113 Å². The zero-order valence-electron chi connectivity index (χ0n) is 11.5. The van der Waals surface area contributed by atoms with Crippen LogP contribution >= 0.6 is 0 Å². The molecule has 98 valence electrons. The number of aryl methyl sites for hydroxylation is 2. The van der Waals surface area contributed by atoms with Crippen LogP contribution in [0, 0.1) is 13.8 Å². The standard InChI is InChI=1S/C16H18N2O/c1-13-12-14(2)18(17-13)11-5-4-6-15-7-9-16(19-3)10-8-15/h4-12H,1-3H3/b6-4+,11-5-. The second-order valence-corrected chi connectivity index (χ2v) is 4.35. The highest BCUT2D eigenvalue weighted by molar-refractivity contribution is 5.53. The first-order chi connectivity index (χ1) is 9.19. The van der Waals surface area contributed by atoms with Gasteiger partial charge in [0.15, 0.2) is 0 Å². The van der Waals surface area contributed by atoms with E-state index in [4.69, 9.17) is 4.74 Å². The first kappa shape index (κ1) is 13.1. The largest absolute Gasteiger partial charge is 0.497 e. The van der Waals surface area contributed by atoms with Gasteiger partial charge in [-0.1, -0.05) is 24.3 Å². The molecule has 1 aromatic heterocycles. The molecule has 3 nitrogen and oxygen atoms in total. The Balaban J connectivity index is 2.01. The highest BCUT2D eigenvalue weighted by Crippen LogP contribution is 2.12. The number of allylic oxidation sites excluding steroid dienone is 2. The van der Waals surface area contributed by atoms with Crippen LogP contribution in [0.15, 0.2) is 42.5 Å². The molecule has 0 amide bonds. The molecule has 0 bridgehead atoms. The minimum absolute atomic E-state index is 0.871. The molecule has 0 aliphatic rings. The Bertz CT molecular complexity index is 592. The molecule has 0 saturated carbocycles. The van der Waals surface area contributed by atoms with E-state index < -0.39 is 0 Å². The van der Waals surface area contributed by atoms with E-state index in [9.17, 15) is 0 Å². The highest BCUT2D eigenvalue weighted by Gasteiger charge is 1.95. The summed E-state index contributed by atoms with van der Waals surface area (Å²) >= 11 is 0. The van der Waals surface area contributed by atoms with E-state index in [0.29, 0.717) is 0 Å². The van der Waals surface area contributed by atoms with Gasteiger partial charge in [-0.25, -0.2) is 4.68 Å². The number of hydrogen-bond acceptors (Lipinski definition) is 2. The molecule has 1 aromatic carbocycles. The number of hydrogen-bond donors (Lipinski definition) is 0. The molecule has 0 spiro atoms. The summed E-state index contributed by atoms with van der Waals surface area (Å²) in [6.45, 7) is 4.03. The van der Waals surface area contributed by atoms with Crippen LogP contribution in [0.3, 0.4) is 0 Å². The van der Waals surface area contributed by atoms with Crippen molar-refractivity contribution in [3.63, 3.8) is 0 Å². The Morgan fingerprint density at radius 3 is 2.42 bits per heavy atom. The maximum Gasteiger partial charge on any atom is 0.118 e. The zero-order chi connectivity index (χ0) is 13.7. The molecule has 19 heavy (non-hydrogen) atoms. The van der Waals surface area contributed by atoms with Gasteiger partial charge in [-0.3, -0.25) is 0 Å². The Morgan fingerprint density at radius 1 is 1.11 bits per heavy atom. The summed E-state index contributed by atoms with van der Waals surface area (Å²) < 4.78 is 6.99. The Morgan fingerprint density at radius 2 is 1.84 bits per heavy atom. The number of aromatic nitrogens is 2. The lowest BCUT2D eigenvalue weighted by atomic mass is 10.2. The smallest absolute Gasteiger partial charge is 0.118 e. The van der Waals surface area contributed by atoms with Crippen molar-refractivity contribution in [2.24, 2.45) is 0 Å². The fraction of sp³-hybridized carbons (Fsp3) is 0.188. The van der Waals surface area contributed by atoms with Crippen LogP contribution in [0.2, 0.25) is 0 Å². The minimum Gasteiger partial charge on any atom is -0.497 e. The molecule has 2 aromatic rings. The summed E-state index contributed by atoms with van der Waals surface area (Å²) in [5, 5.41) is 4.36. The first-order valence-electron chi connectivity index (χ1n) is 6.21. The number of rotatable bonds is 4. The van der Waals surface area contributed by atoms with Crippen molar-refractivity contribution < 1.29 is 4.74 Å². The topological polar surface area (TPSA) is 27.1 Å². The van der Waals surface area contributed by atoms with E-state index in [-0.39, 0.29) is 0 Å². The Kier molecular flexibility index (Phi) is 4.18. The van der Waals surface area contributed by atoms with Crippen LogP contribution in [-0.2, 0) is 0 Å². The first-order valence-corrected chi connectivity index (χ1v) is 6.21. The molecule has 0 unspecified atom stereocenters. The van der Waals surface area contributed by atoms with E-state index >= 15 is 0 Å². The van der Waals surface area contributed by atoms with Gasteiger partial charge in [-0.05, 0) is 43.7 Å². The van der Waals surface area contributed by atoms with Crippen molar-refractivity contribution in [3.8, 4) is 5.75 Å². The van der Waals surface area contributed by atoms with E-state index in [1.54, 1.807) is 7.11 Å². The lowest BCUT2D eigenvalue weighted by Crippen LogP contribution is -1.90. The lowest BCUT2D eigenvalue weighted by molar-refractivity contribution is 0.415. The van der Waals surface area contributed by atoms with E-state index in [1.807, 2.05) is 67.2 Å². The average molecular weight is 254 g/mol. The normalized spacial score (nSPS) is 11.5. The quantitative estimate of drug-likeness (QED) is 0.778.